The highest BCUT2D eigenvalue weighted by Gasteiger charge is 2.29. The zero-order valence-corrected chi connectivity index (χ0v) is 16.7. The number of anilines is 1. The molecule has 0 radical (unpaired) electrons. The van der Waals surface area contributed by atoms with Crippen molar-refractivity contribution in [1.82, 2.24) is 4.57 Å². The lowest BCUT2D eigenvalue weighted by Crippen LogP contribution is -2.27. The first-order valence-electron chi connectivity index (χ1n) is 10.3. The van der Waals surface area contributed by atoms with Crippen LogP contribution >= 0.6 is 0 Å². The number of hydrogen-bond acceptors (Lipinski definition) is 3. The van der Waals surface area contributed by atoms with Crippen molar-refractivity contribution in [2.75, 3.05) is 11.9 Å². The number of halogens is 1. The number of fused-ring (bicyclic) bond motifs is 1. The molecule has 2 aromatic carbocycles. The molecule has 3 aromatic rings. The Kier molecular flexibility index (Phi) is 4.16. The Bertz CT molecular complexity index is 1200. The minimum absolute atomic E-state index is 0.198. The molecular formula is C24H23FN4. The van der Waals surface area contributed by atoms with Crippen molar-refractivity contribution < 1.29 is 4.39 Å². The topological polar surface area (TPSA) is 53.1 Å². The molecule has 0 aliphatic carbocycles. The molecule has 2 unspecified atom stereocenters. The average molecular weight is 386 g/mol. The van der Waals surface area contributed by atoms with Crippen LogP contribution in [-0.2, 0) is 6.42 Å². The molecule has 0 spiro atoms. The monoisotopic (exact) mass is 386 g/mol. The van der Waals surface area contributed by atoms with Crippen LogP contribution in [0.5, 0.6) is 0 Å². The van der Waals surface area contributed by atoms with Gasteiger partial charge in [-0.05, 0) is 43.5 Å². The van der Waals surface area contributed by atoms with Crippen molar-refractivity contribution >= 4 is 28.0 Å². The normalized spacial score (nSPS) is 20.4. The van der Waals surface area contributed by atoms with Crippen molar-refractivity contribution in [1.29, 1.82) is 5.26 Å². The summed E-state index contributed by atoms with van der Waals surface area (Å²) in [5.74, 6) is -0.125. The number of hydrogen-bond donors (Lipinski definition) is 1. The first-order chi connectivity index (χ1) is 14.1. The predicted molar refractivity (Wildman–Crippen MR) is 115 cm³/mol. The van der Waals surface area contributed by atoms with Crippen LogP contribution in [0.4, 0.5) is 15.8 Å². The number of nitrogens with one attached hydrogen (secondary N) is 1. The standard InChI is InChI=1S/C24H23FN4/c1-3-17-13-27-20-6-4-5-16-11-22(29(17)24(16)20)23-14(2)7-8-18-19(25)9-15(12-26)10-21(18)28-23/h4-6,9-11,14,17,27H,3,7-8,13H2,1-2H3. The highest BCUT2D eigenvalue weighted by atomic mass is 19.1. The molecule has 1 aromatic heterocycles. The molecule has 5 rings (SSSR count). The Morgan fingerprint density at radius 2 is 2.17 bits per heavy atom. The Morgan fingerprint density at radius 3 is 2.97 bits per heavy atom. The van der Waals surface area contributed by atoms with Crippen molar-refractivity contribution in [2.24, 2.45) is 10.9 Å². The van der Waals surface area contributed by atoms with E-state index in [1.807, 2.05) is 0 Å². The summed E-state index contributed by atoms with van der Waals surface area (Å²) >= 11 is 0. The summed E-state index contributed by atoms with van der Waals surface area (Å²) in [6.45, 7) is 5.26. The van der Waals surface area contributed by atoms with E-state index in [0.29, 0.717) is 29.3 Å². The van der Waals surface area contributed by atoms with Gasteiger partial charge < -0.3 is 9.88 Å². The molecule has 2 aliphatic heterocycles. The van der Waals surface area contributed by atoms with Gasteiger partial charge in [-0.2, -0.15) is 5.26 Å². The molecule has 146 valence electrons. The maximum absolute atomic E-state index is 14.6. The summed E-state index contributed by atoms with van der Waals surface area (Å²) in [5, 5.41) is 14.0. The average Bonchev–Trinajstić information content (AvgIpc) is 3.03. The number of nitrogens with zero attached hydrogens (tertiary/aromatic N) is 3. The smallest absolute Gasteiger partial charge is 0.129 e. The summed E-state index contributed by atoms with van der Waals surface area (Å²) in [5.41, 5.74) is 6.01. The van der Waals surface area contributed by atoms with Crippen LogP contribution < -0.4 is 5.32 Å². The summed E-state index contributed by atoms with van der Waals surface area (Å²) in [6, 6.07) is 14.0. The molecule has 0 bridgehead atoms. The lowest BCUT2D eigenvalue weighted by molar-refractivity contribution is 0.511. The predicted octanol–water partition coefficient (Wildman–Crippen LogP) is 5.73. The summed E-state index contributed by atoms with van der Waals surface area (Å²) in [7, 11) is 0. The largest absolute Gasteiger partial charge is 0.381 e. The van der Waals surface area contributed by atoms with E-state index >= 15 is 0 Å². The van der Waals surface area contributed by atoms with E-state index in [4.69, 9.17) is 4.99 Å². The van der Waals surface area contributed by atoms with Gasteiger partial charge in [-0.1, -0.05) is 26.0 Å². The maximum atomic E-state index is 14.6. The third kappa shape index (κ3) is 2.74. The van der Waals surface area contributed by atoms with Crippen LogP contribution in [0.15, 0.2) is 41.4 Å². The third-order valence-electron chi connectivity index (χ3n) is 6.32. The van der Waals surface area contributed by atoms with Crippen LogP contribution in [0.25, 0.3) is 10.9 Å². The summed E-state index contributed by atoms with van der Waals surface area (Å²) in [6.07, 6.45) is 2.48. The third-order valence-corrected chi connectivity index (χ3v) is 6.32. The van der Waals surface area contributed by atoms with E-state index in [1.54, 1.807) is 6.07 Å². The second-order valence-electron chi connectivity index (χ2n) is 8.09. The van der Waals surface area contributed by atoms with Gasteiger partial charge in [0.1, 0.15) is 5.82 Å². The molecule has 29 heavy (non-hydrogen) atoms. The van der Waals surface area contributed by atoms with E-state index in [-0.39, 0.29) is 11.7 Å². The Morgan fingerprint density at radius 1 is 1.31 bits per heavy atom. The van der Waals surface area contributed by atoms with Gasteiger partial charge in [0.2, 0.25) is 0 Å². The molecule has 3 heterocycles. The molecule has 4 nitrogen and oxygen atoms in total. The van der Waals surface area contributed by atoms with E-state index < -0.39 is 0 Å². The molecular weight excluding hydrogens is 363 g/mol. The van der Waals surface area contributed by atoms with Crippen molar-refractivity contribution in [3.8, 4) is 6.07 Å². The molecule has 2 atom stereocenters. The van der Waals surface area contributed by atoms with Crippen molar-refractivity contribution in [3.63, 3.8) is 0 Å². The second-order valence-corrected chi connectivity index (χ2v) is 8.09. The van der Waals surface area contributed by atoms with Gasteiger partial charge in [-0.15, -0.1) is 0 Å². The number of aliphatic imine (C=N–C) groups is 1. The van der Waals surface area contributed by atoms with Gasteiger partial charge in [-0.3, -0.25) is 4.99 Å². The lowest BCUT2D eigenvalue weighted by atomic mass is 9.95. The molecule has 0 saturated carbocycles. The Hall–Kier alpha value is -3.13. The van der Waals surface area contributed by atoms with E-state index in [9.17, 15) is 9.65 Å². The van der Waals surface area contributed by atoms with Crippen molar-refractivity contribution in [2.45, 2.75) is 39.2 Å². The Labute approximate surface area is 169 Å². The molecule has 0 fully saturated rings. The van der Waals surface area contributed by atoms with Crippen LogP contribution in [0, 0.1) is 23.1 Å². The van der Waals surface area contributed by atoms with Gasteiger partial charge in [-0.25, -0.2) is 4.39 Å². The zero-order valence-electron chi connectivity index (χ0n) is 16.7. The maximum Gasteiger partial charge on any atom is 0.129 e. The summed E-state index contributed by atoms with van der Waals surface area (Å²) < 4.78 is 17.0. The van der Waals surface area contributed by atoms with Crippen molar-refractivity contribution in [3.05, 3.63) is 59.0 Å². The van der Waals surface area contributed by atoms with Crippen LogP contribution in [-0.4, -0.2) is 16.8 Å². The highest BCUT2D eigenvalue weighted by molar-refractivity contribution is 6.08. The molecule has 0 amide bonds. The molecule has 1 N–H and O–H groups in total. The van der Waals surface area contributed by atoms with Gasteiger partial charge in [0, 0.05) is 23.4 Å². The fourth-order valence-corrected chi connectivity index (χ4v) is 4.73. The van der Waals surface area contributed by atoms with E-state index in [0.717, 1.165) is 36.5 Å². The quantitative estimate of drug-likeness (QED) is 0.611. The molecule has 5 heteroatoms. The van der Waals surface area contributed by atoms with Gasteiger partial charge in [0.05, 0.1) is 46.0 Å². The zero-order chi connectivity index (χ0) is 20.1. The summed E-state index contributed by atoms with van der Waals surface area (Å²) in [4.78, 5) is 4.97. The minimum atomic E-state index is -0.323. The van der Waals surface area contributed by atoms with Gasteiger partial charge in [0.25, 0.3) is 0 Å². The first kappa shape index (κ1) is 17.9. The number of aromatic nitrogens is 1. The first-order valence-corrected chi connectivity index (χ1v) is 10.3. The van der Waals surface area contributed by atoms with Crippen LogP contribution in [0.1, 0.15) is 49.6 Å². The van der Waals surface area contributed by atoms with Crippen LogP contribution in [0.2, 0.25) is 0 Å². The fourth-order valence-electron chi connectivity index (χ4n) is 4.73. The Balaban J connectivity index is 1.77. The van der Waals surface area contributed by atoms with Crippen LogP contribution in [0.3, 0.4) is 0 Å². The minimum Gasteiger partial charge on any atom is -0.381 e. The van der Waals surface area contributed by atoms with E-state index in [1.165, 1.54) is 17.0 Å². The number of benzene rings is 2. The lowest BCUT2D eigenvalue weighted by Gasteiger charge is -2.29. The number of para-hydroxylation sites is 1. The number of rotatable bonds is 2. The number of nitriles is 1. The van der Waals surface area contributed by atoms with Gasteiger partial charge in [0.15, 0.2) is 0 Å². The molecule has 2 aliphatic rings. The molecule has 0 saturated heterocycles. The van der Waals surface area contributed by atoms with Gasteiger partial charge >= 0.3 is 0 Å². The second kappa shape index (κ2) is 6.73. The highest BCUT2D eigenvalue weighted by Crippen LogP contribution is 2.38. The SMILES string of the molecule is CCC1CNc2cccc3cc(C4=Nc5cc(C#N)cc(F)c5CCC4C)n1c23. The van der Waals surface area contributed by atoms with E-state index in [2.05, 4.69) is 54.1 Å². The fraction of sp³-hybridized carbons (Fsp3) is 0.333.